The predicted molar refractivity (Wildman–Crippen MR) is 80.8 cm³/mol. The molecular weight excluding hydrogens is 270 g/mol. The van der Waals surface area contributed by atoms with Gasteiger partial charge in [-0.2, -0.15) is 0 Å². The molecule has 6 heteroatoms. The first kappa shape index (κ1) is 15.3. The Kier molecular flexibility index (Phi) is 5.16. The molecule has 0 saturated heterocycles. The molecule has 0 spiro atoms. The summed E-state index contributed by atoms with van der Waals surface area (Å²) in [6, 6.07) is 5.30. The highest BCUT2D eigenvalue weighted by Gasteiger charge is 2.19. The van der Waals surface area contributed by atoms with Gasteiger partial charge in [0.05, 0.1) is 11.3 Å². The van der Waals surface area contributed by atoms with Crippen LogP contribution in [0.15, 0.2) is 18.2 Å². The van der Waals surface area contributed by atoms with E-state index < -0.39 is 5.97 Å². The quantitative estimate of drug-likeness (QED) is 0.578. The topological polar surface area (TPSA) is 90.5 Å². The lowest BCUT2D eigenvalue weighted by molar-refractivity contribution is 0.0697. The predicted octanol–water partition coefficient (Wildman–Crippen LogP) is 1.96. The smallest absolute Gasteiger partial charge is 0.338 e. The number of urea groups is 1. The van der Waals surface area contributed by atoms with E-state index in [-0.39, 0.29) is 11.6 Å². The molecule has 114 valence electrons. The molecule has 2 rings (SSSR count). The summed E-state index contributed by atoms with van der Waals surface area (Å²) < 4.78 is 0. The SMILES string of the molecule is Cc1cccc(NC(=O)NCCCNC2CC2)c1C(=O)O. The molecule has 1 saturated carbocycles. The number of carbonyl (C=O) groups is 2. The molecule has 0 atom stereocenters. The second-order valence-corrected chi connectivity index (χ2v) is 5.27. The molecule has 1 aliphatic carbocycles. The molecular formula is C15H21N3O3. The highest BCUT2D eigenvalue weighted by atomic mass is 16.4. The van der Waals surface area contributed by atoms with Crippen LogP contribution in [-0.2, 0) is 0 Å². The van der Waals surface area contributed by atoms with E-state index in [0.29, 0.717) is 23.8 Å². The lowest BCUT2D eigenvalue weighted by atomic mass is 10.1. The third kappa shape index (κ3) is 4.75. The first-order chi connectivity index (χ1) is 10.1. The van der Waals surface area contributed by atoms with E-state index in [1.165, 1.54) is 12.8 Å². The molecule has 1 fully saturated rings. The molecule has 6 nitrogen and oxygen atoms in total. The second-order valence-electron chi connectivity index (χ2n) is 5.27. The van der Waals surface area contributed by atoms with Crippen molar-refractivity contribution in [2.75, 3.05) is 18.4 Å². The maximum absolute atomic E-state index is 11.8. The molecule has 0 aromatic heterocycles. The number of aromatic carboxylic acids is 1. The molecule has 0 radical (unpaired) electrons. The van der Waals surface area contributed by atoms with Crippen LogP contribution < -0.4 is 16.0 Å². The standard InChI is InChI=1S/C15H21N3O3/c1-10-4-2-5-12(13(10)14(19)20)18-15(21)17-9-3-8-16-11-6-7-11/h2,4-5,11,16H,3,6-9H2,1H3,(H,19,20)(H2,17,18,21). The van der Waals surface area contributed by atoms with Gasteiger partial charge in [-0.15, -0.1) is 0 Å². The molecule has 2 amide bonds. The lowest BCUT2D eigenvalue weighted by Gasteiger charge is -2.11. The summed E-state index contributed by atoms with van der Waals surface area (Å²) in [5.74, 6) is -1.04. The van der Waals surface area contributed by atoms with Gasteiger partial charge in [0.15, 0.2) is 0 Å². The molecule has 1 aromatic carbocycles. The zero-order valence-electron chi connectivity index (χ0n) is 12.1. The van der Waals surface area contributed by atoms with E-state index in [1.54, 1.807) is 25.1 Å². The van der Waals surface area contributed by atoms with E-state index in [2.05, 4.69) is 16.0 Å². The van der Waals surface area contributed by atoms with Crippen LogP contribution in [0.4, 0.5) is 10.5 Å². The zero-order valence-corrected chi connectivity index (χ0v) is 12.1. The van der Waals surface area contributed by atoms with Crippen molar-refractivity contribution in [1.82, 2.24) is 10.6 Å². The Morgan fingerprint density at radius 3 is 2.71 bits per heavy atom. The van der Waals surface area contributed by atoms with Crippen molar-refractivity contribution in [3.05, 3.63) is 29.3 Å². The van der Waals surface area contributed by atoms with Gasteiger partial charge in [-0.05, 0) is 44.4 Å². The molecule has 21 heavy (non-hydrogen) atoms. The Hall–Kier alpha value is -2.08. The van der Waals surface area contributed by atoms with E-state index in [4.69, 9.17) is 0 Å². The number of nitrogens with one attached hydrogen (secondary N) is 3. The number of carboxylic acid groups (broad SMARTS) is 1. The minimum absolute atomic E-state index is 0.128. The van der Waals surface area contributed by atoms with E-state index in [9.17, 15) is 14.7 Å². The highest BCUT2D eigenvalue weighted by Crippen LogP contribution is 2.19. The fourth-order valence-electron chi connectivity index (χ4n) is 2.11. The summed E-state index contributed by atoms with van der Waals surface area (Å²) in [5, 5.41) is 17.9. The maximum atomic E-state index is 11.8. The molecule has 1 aliphatic rings. The molecule has 0 bridgehead atoms. The normalized spacial score (nSPS) is 13.8. The van der Waals surface area contributed by atoms with Crippen molar-refractivity contribution in [1.29, 1.82) is 0 Å². The highest BCUT2D eigenvalue weighted by molar-refractivity contribution is 6.01. The number of benzene rings is 1. The van der Waals surface area contributed by atoms with E-state index >= 15 is 0 Å². The van der Waals surface area contributed by atoms with Crippen molar-refractivity contribution < 1.29 is 14.7 Å². The second kappa shape index (κ2) is 7.08. The minimum Gasteiger partial charge on any atom is -0.478 e. The van der Waals surface area contributed by atoms with Gasteiger partial charge < -0.3 is 21.1 Å². The summed E-state index contributed by atoms with van der Waals surface area (Å²) in [6.07, 6.45) is 3.35. The molecule has 4 N–H and O–H groups in total. The first-order valence-corrected chi connectivity index (χ1v) is 7.19. The van der Waals surface area contributed by atoms with Crippen LogP contribution in [0.2, 0.25) is 0 Å². The minimum atomic E-state index is -1.04. The maximum Gasteiger partial charge on any atom is 0.338 e. The van der Waals surface area contributed by atoms with Crippen molar-refractivity contribution in [3.63, 3.8) is 0 Å². The van der Waals surface area contributed by atoms with Crippen LogP contribution in [-0.4, -0.2) is 36.2 Å². The number of amides is 2. The number of hydrogen-bond acceptors (Lipinski definition) is 3. The van der Waals surface area contributed by atoms with Gasteiger partial charge in [-0.25, -0.2) is 9.59 Å². The van der Waals surface area contributed by atoms with Gasteiger partial charge in [0.1, 0.15) is 0 Å². The van der Waals surface area contributed by atoms with Gasteiger partial charge in [-0.1, -0.05) is 12.1 Å². The van der Waals surface area contributed by atoms with Crippen molar-refractivity contribution in [2.24, 2.45) is 0 Å². The Bertz CT molecular complexity index is 527. The van der Waals surface area contributed by atoms with Crippen LogP contribution in [0.5, 0.6) is 0 Å². The van der Waals surface area contributed by atoms with E-state index in [0.717, 1.165) is 13.0 Å². The molecule has 0 aliphatic heterocycles. The summed E-state index contributed by atoms with van der Waals surface area (Å²) in [5.41, 5.74) is 1.06. The monoisotopic (exact) mass is 291 g/mol. The number of carboxylic acids is 1. The van der Waals surface area contributed by atoms with Gasteiger partial charge in [-0.3, -0.25) is 0 Å². The number of carbonyl (C=O) groups excluding carboxylic acids is 1. The van der Waals surface area contributed by atoms with Crippen LogP contribution in [0.1, 0.15) is 35.2 Å². The largest absolute Gasteiger partial charge is 0.478 e. The molecule has 1 aromatic rings. The fraction of sp³-hybridized carbons (Fsp3) is 0.467. The third-order valence-electron chi connectivity index (χ3n) is 3.38. The van der Waals surface area contributed by atoms with Gasteiger partial charge in [0.2, 0.25) is 0 Å². The van der Waals surface area contributed by atoms with Crippen LogP contribution >= 0.6 is 0 Å². The number of rotatable bonds is 7. The van der Waals surface area contributed by atoms with Crippen molar-refractivity contribution in [2.45, 2.75) is 32.2 Å². The number of hydrogen-bond donors (Lipinski definition) is 4. The van der Waals surface area contributed by atoms with E-state index in [1.807, 2.05) is 0 Å². The van der Waals surface area contributed by atoms with Crippen molar-refractivity contribution >= 4 is 17.7 Å². The number of anilines is 1. The Balaban J connectivity index is 1.78. The summed E-state index contributed by atoms with van der Waals surface area (Å²) in [7, 11) is 0. The third-order valence-corrected chi connectivity index (χ3v) is 3.38. The van der Waals surface area contributed by atoms with Gasteiger partial charge >= 0.3 is 12.0 Å². The lowest BCUT2D eigenvalue weighted by Crippen LogP contribution is -2.32. The van der Waals surface area contributed by atoms with Gasteiger partial charge in [0.25, 0.3) is 0 Å². The Morgan fingerprint density at radius 2 is 2.05 bits per heavy atom. The first-order valence-electron chi connectivity index (χ1n) is 7.19. The van der Waals surface area contributed by atoms with Gasteiger partial charge in [0, 0.05) is 12.6 Å². The van der Waals surface area contributed by atoms with Crippen LogP contribution in [0.3, 0.4) is 0 Å². The number of aryl methyl sites for hydroxylation is 1. The fourth-order valence-corrected chi connectivity index (χ4v) is 2.11. The average Bonchev–Trinajstić information content (AvgIpc) is 3.22. The van der Waals surface area contributed by atoms with Crippen LogP contribution in [0, 0.1) is 6.92 Å². The summed E-state index contributed by atoms with van der Waals surface area (Å²) in [4.78, 5) is 23.0. The Labute approximate surface area is 123 Å². The van der Waals surface area contributed by atoms with Crippen molar-refractivity contribution in [3.8, 4) is 0 Å². The molecule has 0 unspecified atom stereocenters. The zero-order chi connectivity index (χ0) is 15.2. The summed E-state index contributed by atoms with van der Waals surface area (Å²) in [6.45, 7) is 3.14. The van der Waals surface area contributed by atoms with Crippen LogP contribution in [0.25, 0.3) is 0 Å². The Morgan fingerprint density at radius 1 is 1.29 bits per heavy atom. The summed E-state index contributed by atoms with van der Waals surface area (Å²) >= 11 is 0. The molecule has 0 heterocycles. The average molecular weight is 291 g/mol.